The van der Waals surface area contributed by atoms with Gasteiger partial charge in [0, 0.05) is 21.6 Å². The van der Waals surface area contributed by atoms with Gasteiger partial charge in [0.25, 0.3) is 0 Å². The molecule has 1 fully saturated rings. The van der Waals surface area contributed by atoms with Gasteiger partial charge in [0.1, 0.15) is 0 Å². The topological polar surface area (TPSA) is 32.3 Å². The molecule has 0 unspecified atom stereocenters. The van der Waals surface area contributed by atoms with Crippen molar-refractivity contribution in [3.63, 3.8) is 0 Å². The Morgan fingerprint density at radius 2 is 2.10 bits per heavy atom. The lowest BCUT2D eigenvalue weighted by Gasteiger charge is -2.24. The van der Waals surface area contributed by atoms with E-state index in [9.17, 15) is 4.79 Å². The third-order valence-corrected chi connectivity index (χ3v) is 4.98. The molecule has 0 saturated carbocycles. The third kappa shape index (κ3) is 2.88. The lowest BCUT2D eigenvalue weighted by Crippen LogP contribution is -2.34. The molecule has 0 spiro atoms. The van der Waals surface area contributed by atoms with Crippen LogP contribution in [0.2, 0.25) is 0 Å². The Kier molecular flexibility index (Phi) is 4.08. The molecule has 2 amide bonds. The number of carbonyl (C=O) groups excluding carboxylic acids is 1. The van der Waals surface area contributed by atoms with Crippen molar-refractivity contribution >= 4 is 39.0 Å². The summed E-state index contributed by atoms with van der Waals surface area (Å²) in [6.45, 7) is 0.824. The van der Waals surface area contributed by atoms with Gasteiger partial charge in [-0.3, -0.25) is 0 Å². The number of amides is 2. The molecular weight excluding hydrogens is 336 g/mol. The fourth-order valence-corrected chi connectivity index (χ4v) is 3.65. The van der Waals surface area contributed by atoms with Crippen LogP contribution in [0, 0.1) is 0 Å². The molecule has 3 rings (SSSR count). The first kappa shape index (κ1) is 13.6. The Balaban J connectivity index is 1.71. The molecule has 1 aliphatic heterocycles. The van der Waals surface area contributed by atoms with E-state index in [0.717, 1.165) is 29.5 Å². The fraction of sp³-hybridized carbons (Fsp3) is 0.267. The number of urea groups is 1. The number of carbonyl (C=O) groups is 1. The van der Waals surface area contributed by atoms with E-state index >= 15 is 0 Å². The summed E-state index contributed by atoms with van der Waals surface area (Å²) < 4.78 is 1.01. The van der Waals surface area contributed by atoms with Crippen LogP contribution in [-0.4, -0.2) is 17.5 Å². The molecule has 0 radical (unpaired) electrons. The summed E-state index contributed by atoms with van der Waals surface area (Å²) in [5.74, 6) is 0. The molecule has 1 saturated heterocycles. The van der Waals surface area contributed by atoms with Crippen LogP contribution in [0.1, 0.15) is 23.8 Å². The van der Waals surface area contributed by atoms with Crippen molar-refractivity contribution < 1.29 is 4.79 Å². The van der Waals surface area contributed by atoms with Crippen molar-refractivity contribution in [3.05, 3.63) is 51.1 Å². The molecule has 1 aliphatic rings. The summed E-state index contributed by atoms with van der Waals surface area (Å²) in [6, 6.07) is 12.0. The van der Waals surface area contributed by atoms with E-state index < -0.39 is 0 Å². The smallest absolute Gasteiger partial charge is 0.317 e. The van der Waals surface area contributed by atoms with Crippen molar-refractivity contribution in [2.24, 2.45) is 0 Å². The van der Waals surface area contributed by atoms with Gasteiger partial charge in [0.2, 0.25) is 0 Å². The van der Waals surface area contributed by atoms with Crippen molar-refractivity contribution in [1.29, 1.82) is 0 Å². The molecule has 0 bridgehead atoms. The van der Waals surface area contributed by atoms with Crippen LogP contribution >= 0.6 is 27.3 Å². The van der Waals surface area contributed by atoms with E-state index in [1.165, 1.54) is 4.88 Å². The lowest BCUT2D eigenvalue weighted by molar-refractivity contribution is 0.208. The molecule has 1 aromatic carbocycles. The predicted molar refractivity (Wildman–Crippen MR) is 86.2 cm³/mol. The predicted octanol–water partition coefficient (Wildman–Crippen LogP) is 4.88. The maximum Gasteiger partial charge on any atom is 0.322 e. The zero-order valence-electron chi connectivity index (χ0n) is 10.9. The van der Waals surface area contributed by atoms with Crippen molar-refractivity contribution in [2.45, 2.75) is 18.9 Å². The summed E-state index contributed by atoms with van der Waals surface area (Å²) >= 11 is 5.11. The van der Waals surface area contributed by atoms with Gasteiger partial charge in [-0.05, 0) is 48.6 Å². The first-order chi connectivity index (χ1) is 9.74. The highest BCUT2D eigenvalue weighted by molar-refractivity contribution is 9.10. The Morgan fingerprint density at radius 3 is 2.80 bits per heavy atom. The van der Waals surface area contributed by atoms with E-state index in [2.05, 4.69) is 32.7 Å². The Bertz CT molecular complexity index is 582. The molecule has 5 heteroatoms. The van der Waals surface area contributed by atoms with Gasteiger partial charge < -0.3 is 10.2 Å². The summed E-state index contributed by atoms with van der Waals surface area (Å²) in [7, 11) is 0. The highest BCUT2D eigenvalue weighted by atomic mass is 79.9. The molecular formula is C15H15BrN2OS. The van der Waals surface area contributed by atoms with Crippen LogP contribution in [0.4, 0.5) is 10.5 Å². The lowest BCUT2D eigenvalue weighted by atomic mass is 10.2. The first-order valence-electron chi connectivity index (χ1n) is 6.60. The Hall–Kier alpha value is -1.33. The highest BCUT2D eigenvalue weighted by Gasteiger charge is 2.30. The normalized spacial score (nSPS) is 18.2. The van der Waals surface area contributed by atoms with Gasteiger partial charge >= 0.3 is 6.03 Å². The zero-order valence-corrected chi connectivity index (χ0v) is 13.3. The minimum atomic E-state index is -0.0109. The monoisotopic (exact) mass is 350 g/mol. The number of halogens is 1. The molecule has 3 nitrogen and oxygen atoms in total. The van der Waals surface area contributed by atoms with E-state index in [-0.39, 0.29) is 12.1 Å². The molecule has 104 valence electrons. The second kappa shape index (κ2) is 5.97. The second-order valence-electron chi connectivity index (χ2n) is 4.80. The fourth-order valence-electron chi connectivity index (χ4n) is 2.51. The molecule has 2 heterocycles. The van der Waals surface area contributed by atoms with Gasteiger partial charge in [0.15, 0.2) is 0 Å². The van der Waals surface area contributed by atoms with Crippen LogP contribution in [-0.2, 0) is 0 Å². The van der Waals surface area contributed by atoms with Gasteiger partial charge in [0.05, 0.1) is 6.04 Å². The number of likely N-dealkylation sites (tertiary alicyclic amines) is 1. The maximum absolute atomic E-state index is 12.4. The maximum atomic E-state index is 12.4. The third-order valence-electron chi connectivity index (χ3n) is 3.48. The number of nitrogens with zero attached hydrogens (tertiary/aromatic N) is 1. The van der Waals surface area contributed by atoms with E-state index in [4.69, 9.17) is 0 Å². The van der Waals surface area contributed by atoms with Crippen molar-refractivity contribution in [1.82, 2.24) is 4.90 Å². The summed E-state index contributed by atoms with van der Waals surface area (Å²) in [5.41, 5.74) is 0.829. The zero-order chi connectivity index (χ0) is 13.9. The first-order valence-corrected chi connectivity index (χ1v) is 8.28. The largest absolute Gasteiger partial charge is 0.322 e. The average molecular weight is 351 g/mol. The summed E-state index contributed by atoms with van der Waals surface area (Å²) in [5, 5.41) is 5.04. The van der Waals surface area contributed by atoms with Crippen molar-refractivity contribution in [2.75, 3.05) is 11.9 Å². The van der Waals surface area contributed by atoms with Crippen LogP contribution < -0.4 is 5.32 Å². The average Bonchev–Trinajstić information content (AvgIpc) is 3.11. The van der Waals surface area contributed by atoms with Gasteiger partial charge in [-0.2, -0.15) is 0 Å². The van der Waals surface area contributed by atoms with Crippen LogP contribution in [0.5, 0.6) is 0 Å². The molecule has 1 N–H and O–H groups in total. The number of nitrogens with one attached hydrogen (secondary N) is 1. The summed E-state index contributed by atoms with van der Waals surface area (Å²) in [6.07, 6.45) is 2.12. The van der Waals surface area contributed by atoms with E-state index in [0.29, 0.717) is 0 Å². The number of hydrogen-bond donors (Lipinski definition) is 1. The van der Waals surface area contributed by atoms with Crippen LogP contribution in [0.15, 0.2) is 46.3 Å². The van der Waals surface area contributed by atoms with Gasteiger partial charge in [-0.15, -0.1) is 11.3 Å². The minimum absolute atomic E-state index is 0.0109. The number of hydrogen-bond acceptors (Lipinski definition) is 2. The Morgan fingerprint density at radius 1 is 1.30 bits per heavy atom. The molecule has 1 atom stereocenters. The van der Waals surface area contributed by atoms with Crippen LogP contribution in [0.25, 0.3) is 0 Å². The molecule has 2 aromatic rings. The SMILES string of the molecule is O=C(Nc1ccc(Br)cc1)N1CCC[C@H]1c1cccs1. The van der Waals surface area contributed by atoms with E-state index in [1.54, 1.807) is 11.3 Å². The number of benzene rings is 1. The number of anilines is 1. The highest BCUT2D eigenvalue weighted by Crippen LogP contribution is 2.34. The standard InChI is InChI=1S/C15H15BrN2OS/c16-11-5-7-12(8-6-11)17-15(19)18-9-1-3-13(18)14-4-2-10-20-14/h2,4-8,10,13H,1,3,9H2,(H,17,19)/t13-/m0/s1. The molecule has 1 aromatic heterocycles. The second-order valence-corrected chi connectivity index (χ2v) is 6.70. The summed E-state index contributed by atoms with van der Waals surface area (Å²) in [4.78, 5) is 15.6. The minimum Gasteiger partial charge on any atom is -0.317 e. The quantitative estimate of drug-likeness (QED) is 0.822. The number of thiophene rings is 1. The number of rotatable bonds is 2. The van der Waals surface area contributed by atoms with Crippen molar-refractivity contribution in [3.8, 4) is 0 Å². The Labute approximate surface area is 130 Å². The van der Waals surface area contributed by atoms with Gasteiger partial charge in [-0.25, -0.2) is 4.79 Å². The molecule has 20 heavy (non-hydrogen) atoms. The molecule has 0 aliphatic carbocycles. The van der Waals surface area contributed by atoms with Gasteiger partial charge in [-0.1, -0.05) is 22.0 Å². The van der Waals surface area contributed by atoms with E-state index in [1.807, 2.05) is 35.2 Å². The van der Waals surface area contributed by atoms with Crippen LogP contribution in [0.3, 0.4) is 0 Å².